The molecule has 0 aliphatic heterocycles. The highest BCUT2D eigenvalue weighted by atomic mass is 32.1. The average Bonchev–Trinajstić information content (AvgIpc) is 2.86. The van der Waals surface area contributed by atoms with Crippen molar-refractivity contribution in [1.29, 1.82) is 0 Å². The summed E-state index contributed by atoms with van der Waals surface area (Å²) < 4.78 is 37.8. The summed E-state index contributed by atoms with van der Waals surface area (Å²) in [4.78, 5) is 11.9. The van der Waals surface area contributed by atoms with Crippen molar-refractivity contribution >= 4 is 22.4 Å². The van der Waals surface area contributed by atoms with Crippen LogP contribution in [-0.4, -0.2) is 16.1 Å². The van der Waals surface area contributed by atoms with Crippen molar-refractivity contribution in [3.05, 3.63) is 40.4 Å². The van der Waals surface area contributed by atoms with Crippen LogP contribution in [0.5, 0.6) is 0 Å². The van der Waals surface area contributed by atoms with Crippen LogP contribution in [0.2, 0.25) is 0 Å². The van der Waals surface area contributed by atoms with Crippen molar-refractivity contribution in [2.45, 2.75) is 25.9 Å². The van der Waals surface area contributed by atoms with Crippen LogP contribution in [-0.2, 0) is 6.18 Å². The zero-order valence-corrected chi connectivity index (χ0v) is 12.0. The van der Waals surface area contributed by atoms with Gasteiger partial charge in [0, 0.05) is 11.5 Å². The standard InChI is InChI=1S/C13H12F3N3OS/c1-7(2)11-18-19-12(21-11)17-10(20)8-4-3-5-9(6-8)13(14,15)16/h3-7H,1-2H3,(H,17,19,20). The van der Waals surface area contributed by atoms with Gasteiger partial charge in [-0.25, -0.2) is 0 Å². The molecule has 1 aromatic heterocycles. The van der Waals surface area contributed by atoms with E-state index in [4.69, 9.17) is 0 Å². The lowest BCUT2D eigenvalue weighted by molar-refractivity contribution is -0.137. The summed E-state index contributed by atoms with van der Waals surface area (Å²) in [6, 6.07) is 4.23. The maximum atomic E-state index is 12.6. The van der Waals surface area contributed by atoms with E-state index < -0.39 is 17.6 Å². The summed E-state index contributed by atoms with van der Waals surface area (Å²) in [7, 11) is 0. The van der Waals surface area contributed by atoms with Gasteiger partial charge in [0.2, 0.25) is 5.13 Å². The van der Waals surface area contributed by atoms with Gasteiger partial charge >= 0.3 is 6.18 Å². The first-order valence-electron chi connectivity index (χ1n) is 6.09. The fourth-order valence-electron chi connectivity index (χ4n) is 1.52. The molecule has 112 valence electrons. The smallest absolute Gasteiger partial charge is 0.296 e. The maximum absolute atomic E-state index is 12.6. The molecule has 0 atom stereocenters. The Labute approximate surface area is 123 Å². The van der Waals surface area contributed by atoms with Crippen molar-refractivity contribution in [3.63, 3.8) is 0 Å². The van der Waals surface area contributed by atoms with Gasteiger partial charge in [-0.05, 0) is 18.2 Å². The first-order chi connectivity index (χ1) is 9.77. The molecule has 1 aromatic carbocycles. The molecule has 8 heteroatoms. The lowest BCUT2D eigenvalue weighted by atomic mass is 10.1. The molecule has 0 bridgehead atoms. The fraction of sp³-hybridized carbons (Fsp3) is 0.308. The van der Waals surface area contributed by atoms with E-state index in [-0.39, 0.29) is 16.6 Å². The topological polar surface area (TPSA) is 54.9 Å². The van der Waals surface area contributed by atoms with Gasteiger partial charge < -0.3 is 0 Å². The molecule has 0 aliphatic rings. The number of carbonyl (C=O) groups excluding carboxylic acids is 1. The molecule has 0 saturated heterocycles. The molecular formula is C13H12F3N3OS. The highest BCUT2D eigenvalue weighted by Crippen LogP contribution is 2.30. The van der Waals surface area contributed by atoms with Crippen molar-refractivity contribution in [3.8, 4) is 0 Å². The van der Waals surface area contributed by atoms with E-state index in [0.717, 1.165) is 17.1 Å². The number of alkyl halides is 3. The number of benzene rings is 1. The highest BCUT2D eigenvalue weighted by molar-refractivity contribution is 7.15. The second-order valence-corrected chi connectivity index (χ2v) is 5.64. The van der Waals surface area contributed by atoms with Gasteiger partial charge in [-0.2, -0.15) is 13.2 Å². The van der Waals surface area contributed by atoms with Crippen LogP contribution in [0.4, 0.5) is 18.3 Å². The lowest BCUT2D eigenvalue weighted by Gasteiger charge is -2.08. The van der Waals surface area contributed by atoms with Crippen LogP contribution in [0.15, 0.2) is 24.3 Å². The van der Waals surface area contributed by atoms with E-state index in [9.17, 15) is 18.0 Å². The van der Waals surface area contributed by atoms with E-state index in [1.54, 1.807) is 0 Å². The number of carbonyl (C=O) groups is 1. The molecule has 2 aromatic rings. The predicted octanol–water partition coefficient (Wildman–Crippen LogP) is 3.93. The van der Waals surface area contributed by atoms with Crippen molar-refractivity contribution in [2.24, 2.45) is 0 Å². The third-order valence-electron chi connectivity index (χ3n) is 2.61. The molecule has 0 fully saturated rings. The Morgan fingerprint density at radius 1 is 1.29 bits per heavy atom. The Morgan fingerprint density at radius 2 is 2.00 bits per heavy atom. The lowest BCUT2D eigenvalue weighted by Crippen LogP contribution is -2.13. The van der Waals surface area contributed by atoms with Crippen LogP contribution in [0.25, 0.3) is 0 Å². The van der Waals surface area contributed by atoms with Crippen molar-refractivity contribution in [1.82, 2.24) is 10.2 Å². The molecule has 0 saturated carbocycles. The largest absolute Gasteiger partial charge is 0.416 e. The van der Waals surface area contributed by atoms with E-state index >= 15 is 0 Å². The minimum atomic E-state index is -4.48. The van der Waals surface area contributed by atoms with Crippen molar-refractivity contribution < 1.29 is 18.0 Å². The number of anilines is 1. The third-order valence-corrected chi connectivity index (χ3v) is 3.75. The van der Waals surface area contributed by atoms with Crippen LogP contribution in [0.1, 0.15) is 40.7 Å². The van der Waals surface area contributed by atoms with Crippen LogP contribution >= 0.6 is 11.3 Å². The van der Waals surface area contributed by atoms with E-state index in [0.29, 0.717) is 0 Å². The molecule has 21 heavy (non-hydrogen) atoms. The van der Waals surface area contributed by atoms with Gasteiger partial charge in [-0.1, -0.05) is 31.3 Å². The highest BCUT2D eigenvalue weighted by Gasteiger charge is 2.30. The molecule has 4 nitrogen and oxygen atoms in total. The number of aromatic nitrogens is 2. The van der Waals surface area contributed by atoms with Gasteiger partial charge in [0.25, 0.3) is 5.91 Å². The minimum Gasteiger partial charge on any atom is -0.296 e. The second-order valence-electron chi connectivity index (χ2n) is 4.63. The average molecular weight is 315 g/mol. The maximum Gasteiger partial charge on any atom is 0.416 e. The molecule has 0 radical (unpaired) electrons. The quantitative estimate of drug-likeness (QED) is 0.933. The normalized spacial score (nSPS) is 11.7. The van der Waals surface area contributed by atoms with Crippen molar-refractivity contribution in [2.75, 3.05) is 5.32 Å². The number of rotatable bonds is 3. The monoisotopic (exact) mass is 315 g/mol. The predicted molar refractivity (Wildman–Crippen MR) is 73.4 cm³/mol. The van der Waals surface area contributed by atoms with Crippen LogP contribution < -0.4 is 5.32 Å². The van der Waals surface area contributed by atoms with Crippen LogP contribution in [0.3, 0.4) is 0 Å². The molecular weight excluding hydrogens is 303 g/mol. The fourth-order valence-corrected chi connectivity index (χ4v) is 2.27. The first kappa shape index (κ1) is 15.4. The minimum absolute atomic E-state index is 0.0777. The zero-order chi connectivity index (χ0) is 15.6. The second kappa shape index (κ2) is 5.80. The SMILES string of the molecule is CC(C)c1nnc(NC(=O)c2cccc(C(F)(F)F)c2)s1. The van der Waals surface area contributed by atoms with E-state index in [1.807, 2.05) is 13.8 Å². The Kier molecular flexibility index (Phi) is 4.26. The molecule has 0 aliphatic carbocycles. The molecule has 1 N–H and O–H groups in total. The molecule has 0 spiro atoms. The van der Waals surface area contributed by atoms with Gasteiger partial charge in [-0.15, -0.1) is 10.2 Å². The number of amides is 1. The summed E-state index contributed by atoms with van der Waals surface area (Å²) in [5.74, 6) is -0.478. The van der Waals surface area contributed by atoms with Gasteiger partial charge in [-0.3, -0.25) is 10.1 Å². The molecule has 0 unspecified atom stereocenters. The van der Waals surface area contributed by atoms with Gasteiger partial charge in [0.1, 0.15) is 5.01 Å². The summed E-state index contributed by atoms with van der Waals surface area (Å²) in [6.07, 6.45) is -4.48. The zero-order valence-electron chi connectivity index (χ0n) is 11.2. The Bertz CT molecular complexity index is 652. The molecule has 2 rings (SSSR count). The molecule has 1 heterocycles. The Hall–Kier alpha value is -1.96. The first-order valence-corrected chi connectivity index (χ1v) is 6.91. The third kappa shape index (κ3) is 3.78. The number of halogens is 3. The van der Waals surface area contributed by atoms with E-state index in [1.165, 1.54) is 23.5 Å². The molecule has 1 amide bonds. The van der Waals surface area contributed by atoms with Gasteiger partial charge in [0.15, 0.2) is 0 Å². The Balaban J connectivity index is 2.16. The number of hydrogen-bond acceptors (Lipinski definition) is 4. The van der Waals surface area contributed by atoms with Gasteiger partial charge in [0.05, 0.1) is 5.56 Å². The summed E-state index contributed by atoms with van der Waals surface area (Å²) >= 11 is 1.20. The number of hydrogen-bond donors (Lipinski definition) is 1. The van der Waals surface area contributed by atoms with E-state index in [2.05, 4.69) is 15.5 Å². The summed E-state index contributed by atoms with van der Waals surface area (Å²) in [5, 5.41) is 11.1. The summed E-state index contributed by atoms with van der Waals surface area (Å²) in [5.41, 5.74) is -0.943. The number of nitrogens with zero attached hydrogens (tertiary/aromatic N) is 2. The van der Waals surface area contributed by atoms with Crippen LogP contribution in [0, 0.1) is 0 Å². The Morgan fingerprint density at radius 3 is 2.57 bits per heavy atom. The number of nitrogens with one attached hydrogen (secondary N) is 1. The summed E-state index contributed by atoms with van der Waals surface area (Å²) in [6.45, 7) is 3.86.